The Labute approximate surface area is 113 Å². The van der Waals surface area contributed by atoms with E-state index in [0.29, 0.717) is 28.4 Å². The van der Waals surface area contributed by atoms with Crippen LogP contribution < -0.4 is 4.72 Å². The van der Waals surface area contributed by atoms with Crippen LogP contribution in [-0.4, -0.2) is 30.8 Å². The lowest BCUT2D eigenvalue weighted by Crippen LogP contribution is -2.33. The van der Waals surface area contributed by atoms with Crippen LogP contribution in [0.1, 0.15) is 12.8 Å². The van der Waals surface area contributed by atoms with E-state index in [4.69, 9.17) is 11.6 Å². The minimum atomic E-state index is -3.46. The Kier molecular flexibility index (Phi) is 3.92. The van der Waals surface area contributed by atoms with Crippen molar-refractivity contribution in [3.05, 3.63) is 21.9 Å². The number of pyridine rings is 1. The van der Waals surface area contributed by atoms with E-state index in [1.807, 2.05) is 0 Å². The highest BCUT2D eigenvalue weighted by Crippen LogP contribution is 2.24. The van der Waals surface area contributed by atoms with Gasteiger partial charge in [-0.1, -0.05) is 11.6 Å². The van der Waals surface area contributed by atoms with E-state index in [1.165, 1.54) is 10.5 Å². The molecule has 0 aromatic carbocycles. The van der Waals surface area contributed by atoms with Gasteiger partial charge >= 0.3 is 10.2 Å². The molecule has 2 rings (SSSR count). The number of aromatic nitrogens is 1. The van der Waals surface area contributed by atoms with Crippen LogP contribution in [0.3, 0.4) is 0 Å². The summed E-state index contributed by atoms with van der Waals surface area (Å²) in [5, 5.41) is 0.300. The summed E-state index contributed by atoms with van der Waals surface area (Å²) in [5.41, 5.74) is 0.396. The van der Waals surface area contributed by atoms with Gasteiger partial charge in [0.1, 0.15) is 5.15 Å². The fourth-order valence-electron chi connectivity index (χ4n) is 1.62. The summed E-state index contributed by atoms with van der Waals surface area (Å²) >= 11 is 8.93. The number of nitrogens with one attached hydrogen (secondary N) is 1. The predicted molar refractivity (Wildman–Crippen MR) is 70.3 cm³/mol. The molecule has 0 radical (unpaired) electrons. The van der Waals surface area contributed by atoms with Crippen molar-refractivity contribution in [2.45, 2.75) is 12.8 Å². The summed E-state index contributed by atoms with van der Waals surface area (Å²) in [5.74, 6) is 0. The molecule has 0 spiro atoms. The van der Waals surface area contributed by atoms with Crippen LogP contribution in [0.25, 0.3) is 0 Å². The molecule has 1 saturated heterocycles. The molecule has 1 N–H and O–H groups in total. The summed E-state index contributed by atoms with van der Waals surface area (Å²) in [7, 11) is -3.46. The predicted octanol–water partition coefficient (Wildman–Crippen LogP) is 2.25. The van der Waals surface area contributed by atoms with Crippen molar-refractivity contribution in [1.29, 1.82) is 0 Å². The molecule has 5 nitrogen and oxygen atoms in total. The van der Waals surface area contributed by atoms with Gasteiger partial charge in [-0.3, -0.25) is 4.72 Å². The highest BCUT2D eigenvalue weighted by Gasteiger charge is 2.25. The van der Waals surface area contributed by atoms with Crippen LogP contribution in [0.5, 0.6) is 0 Å². The minimum absolute atomic E-state index is 0.300. The maximum atomic E-state index is 11.9. The molecule has 0 unspecified atom stereocenters. The molecule has 1 aliphatic heterocycles. The van der Waals surface area contributed by atoms with E-state index in [9.17, 15) is 8.42 Å². The number of nitrogens with zero attached hydrogens (tertiary/aromatic N) is 2. The van der Waals surface area contributed by atoms with E-state index in [0.717, 1.165) is 12.8 Å². The highest BCUT2D eigenvalue weighted by atomic mass is 79.9. The van der Waals surface area contributed by atoms with Gasteiger partial charge in [0.15, 0.2) is 0 Å². The molecule has 2 heterocycles. The third-order valence-corrected chi connectivity index (χ3v) is 5.12. The number of hydrogen-bond acceptors (Lipinski definition) is 3. The van der Waals surface area contributed by atoms with E-state index < -0.39 is 10.2 Å². The smallest absolute Gasteiger partial charge is 0.269 e. The summed E-state index contributed by atoms with van der Waals surface area (Å²) in [6.45, 7) is 1.13. The van der Waals surface area contributed by atoms with Crippen molar-refractivity contribution < 1.29 is 8.42 Å². The molecule has 1 fully saturated rings. The molecule has 1 aromatic heterocycles. The molecule has 0 bridgehead atoms. The van der Waals surface area contributed by atoms with Gasteiger partial charge in [0.25, 0.3) is 0 Å². The summed E-state index contributed by atoms with van der Waals surface area (Å²) in [4.78, 5) is 3.86. The Bertz CT molecular complexity index is 517. The fraction of sp³-hybridized carbons (Fsp3) is 0.444. The average Bonchev–Trinajstić information content (AvgIpc) is 2.77. The molecule has 0 aliphatic carbocycles. The first-order valence-corrected chi connectivity index (χ1v) is 7.69. The number of hydrogen-bond donors (Lipinski definition) is 1. The minimum Gasteiger partial charge on any atom is -0.269 e. The zero-order valence-corrected chi connectivity index (χ0v) is 12.0. The Morgan fingerprint density at radius 1 is 1.41 bits per heavy atom. The van der Waals surface area contributed by atoms with Crippen molar-refractivity contribution in [1.82, 2.24) is 9.29 Å². The second kappa shape index (κ2) is 5.09. The first-order chi connectivity index (χ1) is 7.99. The fourth-order valence-corrected chi connectivity index (χ4v) is 3.35. The quantitative estimate of drug-likeness (QED) is 0.859. The van der Waals surface area contributed by atoms with Gasteiger partial charge in [0, 0.05) is 13.1 Å². The third-order valence-electron chi connectivity index (χ3n) is 2.45. The monoisotopic (exact) mass is 339 g/mol. The van der Waals surface area contributed by atoms with Gasteiger partial charge in [0.05, 0.1) is 16.4 Å². The second-order valence-corrected chi connectivity index (χ2v) is 6.59. The van der Waals surface area contributed by atoms with Gasteiger partial charge in [-0.25, -0.2) is 4.98 Å². The molecule has 1 aromatic rings. The zero-order valence-electron chi connectivity index (χ0n) is 8.86. The maximum Gasteiger partial charge on any atom is 0.301 e. The van der Waals surface area contributed by atoms with E-state index in [-0.39, 0.29) is 0 Å². The third kappa shape index (κ3) is 3.09. The van der Waals surface area contributed by atoms with Gasteiger partial charge in [-0.2, -0.15) is 12.7 Å². The topological polar surface area (TPSA) is 62.3 Å². The van der Waals surface area contributed by atoms with Gasteiger partial charge in [0.2, 0.25) is 0 Å². The summed E-state index contributed by atoms with van der Waals surface area (Å²) < 4.78 is 28.3. The van der Waals surface area contributed by atoms with E-state index in [2.05, 4.69) is 25.6 Å². The van der Waals surface area contributed by atoms with Crippen LogP contribution >= 0.6 is 27.5 Å². The van der Waals surface area contributed by atoms with Crippen LogP contribution in [0, 0.1) is 0 Å². The molecule has 0 atom stereocenters. The lowest BCUT2D eigenvalue weighted by Gasteiger charge is -2.16. The number of rotatable bonds is 3. The Hall–Kier alpha value is -0.370. The van der Waals surface area contributed by atoms with Crippen molar-refractivity contribution in [3.63, 3.8) is 0 Å². The van der Waals surface area contributed by atoms with Gasteiger partial charge in [-0.15, -0.1) is 0 Å². The van der Waals surface area contributed by atoms with Crippen LogP contribution in [0.4, 0.5) is 5.69 Å². The SMILES string of the molecule is O=S(=O)(Nc1cnc(Cl)c(Br)c1)N1CCCC1. The lowest BCUT2D eigenvalue weighted by atomic mass is 10.4. The van der Waals surface area contributed by atoms with Crippen LogP contribution in [-0.2, 0) is 10.2 Å². The molecule has 94 valence electrons. The first kappa shape index (κ1) is 13.1. The molecule has 17 heavy (non-hydrogen) atoms. The number of halogens is 2. The normalized spacial score (nSPS) is 17.3. The van der Waals surface area contributed by atoms with Crippen molar-refractivity contribution in [3.8, 4) is 0 Å². The van der Waals surface area contributed by atoms with Crippen LogP contribution in [0.2, 0.25) is 5.15 Å². The Morgan fingerprint density at radius 3 is 2.65 bits per heavy atom. The van der Waals surface area contributed by atoms with Crippen molar-refractivity contribution in [2.75, 3.05) is 17.8 Å². The highest BCUT2D eigenvalue weighted by molar-refractivity contribution is 9.10. The zero-order chi connectivity index (χ0) is 12.5. The maximum absolute atomic E-state index is 11.9. The number of anilines is 1. The van der Waals surface area contributed by atoms with Crippen LogP contribution in [0.15, 0.2) is 16.7 Å². The average molecular weight is 341 g/mol. The van der Waals surface area contributed by atoms with Gasteiger partial charge in [-0.05, 0) is 34.8 Å². The van der Waals surface area contributed by atoms with Crippen molar-refractivity contribution in [2.24, 2.45) is 0 Å². The summed E-state index contributed by atoms with van der Waals surface area (Å²) in [6.07, 6.45) is 3.20. The molecule has 0 amide bonds. The molecule has 1 aliphatic rings. The molecular weight excluding hydrogens is 330 g/mol. The largest absolute Gasteiger partial charge is 0.301 e. The molecule has 8 heteroatoms. The van der Waals surface area contributed by atoms with Crippen molar-refractivity contribution >= 4 is 43.4 Å². The molecular formula is C9H11BrClN3O2S. The Balaban J connectivity index is 2.17. The summed E-state index contributed by atoms with van der Waals surface area (Å²) in [6, 6.07) is 1.59. The lowest BCUT2D eigenvalue weighted by molar-refractivity contribution is 0.482. The molecule has 0 saturated carbocycles. The standard InChI is InChI=1S/C9H11BrClN3O2S/c10-8-5-7(6-12-9(8)11)13-17(15,16)14-3-1-2-4-14/h5-6,13H,1-4H2. The van der Waals surface area contributed by atoms with E-state index in [1.54, 1.807) is 6.07 Å². The van der Waals surface area contributed by atoms with Gasteiger partial charge < -0.3 is 0 Å². The second-order valence-electron chi connectivity index (χ2n) is 3.71. The first-order valence-electron chi connectivity index (χ1n) is 5.08. The Morgan fingerprint density at radius 2 is 2.06 bits per heavy atom. The van der Waals surface area contributed by atoms with E-state index >= 15 is 0 Å².